The first-order valence-corrected chi connectivity index (χ1v) is 6.75. The topological polar surface area (TPSA) is 48.4 Å². The molecule has 18 heavy (non-hydrogen) atoms. The summed E-state index contributed by atoms with van der Waals surface area (Å²) in [5.41, 5.74) is 1.28. The van der Waals surface area contributed by atoms with Crippen LogP contribution in [0.25, 0.3) is 0 Å². The Balaban J connectivity index is 2.49. The highest BCUT2D eigenvalue weighted by Crippen LogP contribution is 2.05. The van der Waals surface area contributed by atoms with Gasteiger partial charge in [0.05, 0.1) is 0 Å². The van der Waals surface area contributed by atoms with Gasteiger partial charge in [-0.15, -0.1) is 0 Å². The summed E-state index contributed by atoms with van der Waals surface area (Å²) in [4.78, 5) is 6.42. The van der Waals surface area contributed by atoms with Crippen LogP contribution >= 0.6 is 0 Å². The Morgan fingerprint density at radius 3 is 2.61 bits per heavy atom. The van der Waals surface area contributed by atoms with E-state index in [1.165, 1.54) is 5.56 Å². The van der Waals surface area contributed by atoms with Crippen LogP contribution in [0.3, 0.4) is 0 Å². The number of aliphatic hydroxyl groups excluding tert-OH is 1. The van der Waals surface area contributed by atoms with Gasteiger partial charge in [-0.25, -0.2) is 0 Å². The van der Waals surface area contributed by atoms with Crippen molar-refractivity contribution in [3.05, 3.63) is 30.1 Å². The molecule has 1 rings (SSSR count). The highest BCUT2D eigenvalue weighted by atomic mass is 16.3. The van der Waals surface area contributed by atoms with Crippen LogP contribution in [-0.2, 0) is 6.54 Å². The van der Waals surface area contributed by atoms with E-state index in [2.05, 4.69) is 41.2 Å². The molecule has 0 saturated heterocycles. The van der Waals surface area contributed by atoms with Gasteiger partial charge >= 0.3 is 0 Å². The number of nitrogens with one attached hydrogen (secondary N) is 1. The van der Waals surface area contributed by atoms with Gasteiger partial charge in [0.25, 0.3) is 0 Å². The monoisotopic (exact) mass is 251 g/mol. The van der Waals surface area contributed by atoms with Gasteiger partial charge < -0.3 is 10.4 Å². The van der Waals surface area contributed by atoms with Crippen molar-refractivity contribution < 1.29 is 5.11 Å². The third-order valence-corrected chi connectivity index (χ3v) is 3.05. The van der Waals surface area contributed by atoms with Gasteiger partial charge in [-0.05, 0) is 37.2 Å². The van der Waals surface area contributed by atoms with Crippen LogP contribution in [0.1, 0.15) is 25.8 Å². The first-order chi connectivity index (χ1) is 8.80. The van der Waals surface area contributed by atoms with Crippen molar-refractivity contribution in [2.24, 2.45) is 0 Å². The maximum Gasteiger partial charge on any atom is 0.0446 e. The molecule has 102 valence electrons. The average Bonchev–Trinajstić information content (AvgIpc) is 2.39. The molecule has 0 aliphatic carbocycles. The SMILES string of the molecule is CCNC(CCO)CN(CC)Cc1ccncc1. The average molecular weight is 251 g/mol. The van der Waals surface area contributed by atoms with Crippen molar-refractivity contribution in [2.75, 3.05) is 26.2 Å². The molecule has 0 amide bonds. The summed E-state index contributed by atoms with van der Waals surface area (Å²) in [6, 6.07) is 4.47. The van der Waals surface area contributed by atoms with E-state index in [1.807, 2.05) is 12.4 Å². The van der Waals surface area contributed by atoms with Crippen LogP contribution in [0.4, 0.5) is 0 Å². The van der Waals surface area contributed by atoms with Crippen LogP contribution in [0.15, 0.2) is 24.5 Å². The minimum Gasteiger partial charge on any atom is -0.396 e. The lowest BCUT2D eigenvalue weighted by atomic mass is 10.1. The van der Waals surface area contributed by atoms with Crippen LogP contribution in [0.5, 0.6) is 0 Å². The Bertz CT molecular complexity index is 299. The second kappa shape index (κ2) is 9.03. The molecule has 1 heterocycles. The minimum atomic E-state index is 0.241. The third-order valence-electron chi connectivity index (χ3n) is 3.05. The van der Waals surface area contributed by atoms with Crippen molar-refractivity contribution in [3.8, 4) is 0 Å². The number of aliphatic hydroxyl groups is 1. The standard InChI is InChI=1S/C14H25N3O/c1-3-16-14(7-10-18)12-17(4-2)11-13-5-8-15-9-6-13/h5-6,8-9,14,16,18H,3-4,7,10-12H2,1-2H3. The first kappa shape index (κ1) is 15.1. The number of hydrogen-bond acceptors (Lipinski definition) is 4. The summed E-state index contributed by atoms with van der Waals surface area (Å²) < 4.78 is 0. The van der Waals surface area contributed by atoms with Crippen molar-refractivity contribution in [2.45, 2.75) is 32.9 Å². The van der Waals surface area contributed by atoms with E-state index < -0.39 is 0 Å². The van der Waals surface area contributed by atoms with Crippen LogP contribution < -0.4 is 5.32 Å². The van der Waals surface area contributed by atoms with Crippen molar-refractivity contribution in [1.82, 2.24) is 15.2 Å². The summed E-state index contributed by atoms with van der Waals surface area (Å²) in [7, 11) is 0. The molecule has 0 spiro atoms. The van der Waals surface area contributed by atoms with Gasteiger partial charge in [0, 0.05) is 38.1 Å². The molecule has 2 N–H and O–H groups in total. The van der Waals surface area contributed by atoms with Crippen molar-refractivity contribution in [1.29, 1.82) is 0 Å². The molecule has 0 radical (unpaired) electrons. The third kappa shape index (κ3) is 5.58. The fourth-order valence-electron chi connectivity index (χ4n) is 2.07. The molecule has 4 nitrogen and oxygen atoms in total. The second-order valence-electron chi connectivity index (χ2n) is 4.45. The second-order valence-corrected chi connectivity index (χ2v) is 4.45. The number of pyridine rings is 1. The van der Waals surface area contributed by atoms with E-state index in [0.29, 0.717) is 6.04 Å². The van der Waals surface area contributed by atoms with Gasteiger partial charge in [0.15, 0.2) is 0 Å². The molecule has 0 fully saturated rings. The van der Waals surface area contributed by atoms with Crippen molar-refractivity contribution >= 4 is 0 Å². The minimum absolute atomic E-state index is 0.241. The fourth-order valence-corrected chi connectivity index (χ4v) is 2.07. The smallest absolute Gasteiger partial charge is 0.0446 e. The number of hydrogen-bond donors (Lipinski definition) is 2. The maximum absolute atomic E-state index is 9.07. The molecule has 0 aliphatic heterocycles. The molecule has 1 aromatic heterocycles. The largest absolute Gasteiger partial charge is 0.396 e. The van der Waals surface area contributed by atoms with Gasteiger partial charge in [0.2, 0.25) is 0 Å². The predicted octanol–water partition coefficient (Wildman–Crippen LogP) is 1.26. The Morgan fingerprint density at radius 1 is 1.33 bits per heavy atom. The van der Waals surface area contributed by atoms with E-state index in [-0.39, 0.29) is 6.61 Å². The number of aromatic nitrogens is 1. The zero-order chi connectivity index (χ0) is 13.2. The Hall–Kier alpha value is -0.970. The molecular weight excluding hydrogens is 226 g/mol. The van der Waals surface area contributed by atoms with Crippen LogP contribution in [-0.4, -0.2) is 47.3 Å². The summed E-state index contributed by atoms with van der Waals surface area (Å²) >= 11 is 0. The number of likely N-dealkylation sites (N-methyl/N-ethyl adjacent to an activating group) is 2. The molecule has 1 aromatic rings. The molecule has 1 unspecified atom stereocenters. The lowest BCUT2D eigenvalue weighted by molar-refractivity contribution is 0.209. The zero-order valence-electron chi connectivity index (χ0n) is 11.5. The fraction of sp³-hybridized carbons (Fsp3) is 0.643. The van der Waals surface area contributed by atoms with Gasteiger partial charge in [-0.3, -0.25) is 9.88 Å². The summed E-state index contributed by atoms with van der Waals surface area (Å²) in [5.74, 6) is 0. The Kier molecular flexibility index (Phi) is 7.57. The molecule has 1 atom stereocenters. The van der Waals surface area contributed by atoms with E-state index in [9.17, 15) is 0 Å². The Labute approximate surface area is 110 Å². The molecule has 0 saturated carbocycles. The van der Waals surface area contributed by atoms with E-state index in [4.69, 9.17) is 5.11 Å². The predicted molar refractivity (Wildman–Crippen MR) is 74.4 cm³/mol. The summed E-state index contributed by atoms with van der Waals surface area (Å²) in [5, 5.41) is 12.5. The highest BCUT2D eigenvalue weighted by molar-refractivity contribution is 5.09. The van der Waals surface area contributed by atoms with Crippen molar-refractivity contribution in [3.63, 3.8) is 0 Å². The zero-order valence-corrected chi connectivity index (χ0v) is 11.5. The number of nitrogens with zero attached hydrogens (tertiary/aromatic N) is 2. The van der Waals surface area contributed by atoms with Crippen LogP contribution in [0, 0.1) is 0 Å². The number of rotatable bonds is 9. The van der Waals surface area contributed by atoms with Gasteiger partial charge in [0.1, 0.15) is 0 Å². The highest BCUT2D eigenvalue weighted by Gasteiger charge is 2.12. The Morgan fingerprint density at radius 2 is 2.06 bits per heavy atom. The normalized spacial score (nSPS) is 12.9. The maximum atomic E-state index is 9.07. The molecule has 4 heteroatoms. The molecule has 0 aliphatic rings. The quantitative estimate of drug-likeness (QED) is 0.694. The first-order valence-electron chi connectivity index (χ1n) is 6.75. The summed E-state index contributed by atoms with van der Waals surface area (Å²) in [6.45, 7) is 8.36. The van der Waals surface area contributed by atoms with Gasteiger partial charge in [-0.1, -0.05) is 13.8 Å². The van der Waals surface area contributed by atoms with Gasteiger partial charge in [-0.2, -0.15) is 0 Å². The molecule has 0 bridgehead atoms. The summed E-state index contributed by atoms with van der Waals surface area (Å²) in [6.07, 6.45) is 4.47. The van der Waals surface area contributed by atoms with E-state index in [1.54, 1.807) is 0 Å². The molecular formula is C14H25N3O. The van der Waals surface area contributed by atoms with E-state index >= 15 is 0 Å². The van der Waals surface area contributed by atoms with E-state index in [0.717, 1.165) is 32.6 Å². The lowest BCUT2D eigenvalue weighted by Gasteiger charge is -2.26. The lowest BCUT2D eigenvalue weighted by Crippen LogP contribution is -2.41. The molecule has 0 aromatic carbocycles. The van der Waals surface area contributed by atoms with Crippen LogP contribution in [0.2, 0.25) is 0 Å².